The van der Waals surface area contributed by atoms with Gasteiger partial charge in [0, 0.05) is 6.04 Å². The summed E-state index contributed by atoms with van der Waals surface area (Å²) in [5, 5.41) is 16.9. The topological polar surface area (TPSA) is 77.0 Å². The summed E-state index contributed by atoms with van der Waals surface area (Å²) in [4.78, 5) is 0. The minimum atomic E-state index is -0.0967. The maximum absolute atomic E-state index is 8.94. The van der Waals surface area contributed by atoms with Crippen LogP contribution < -0.4 is 5.73 Å². The Bertz CT molecular complexity index is 476. The molecule has 0 saturated heterocycles. The molecule has 90 valence electrons. The fourth-order valence-corrected chi connectivity index (χ4v) is 1.54. The zero-order chi connectivity index (χ0) is 12.3. The molecule has 0 aliphatic carbocycles. The van der Waals surface area contributed by atoms with Gasteiger partial charge < -0.3 is 10.8 Å². The Morgan fingerprint density at radius 3 is 2.47 bits per heavy atom. The lowest BCUT2D eigenvalue weighted by Gasteiger charge is -2.02. The minimum absolute atomic E-state index is 0.0679. The van der Waals surface area contributed by atoms with Crippen LogP contribution in [0.25, 0.3) is 0 Å². The second-order valence-electron chi connectivity index (χ2n) is 4.10. The normalized spacial score (nSPS) is 12.6. The Labute approximate surface area is 99.9 Å². The molecule has 1 unspecified atom stereocenters. The quantitative estimate of drug-likeness (QED) is 0.819. The van der Waals surface area contributed by atoms with Crippen molar-refractivity contribution in [3.8, 4) is 0 Å². The summed E-state index contributed by atoms with van der Waals surface area (Å²) in [6.45, 7) is 2.61. The van der Waals surface area contributed by atoms with Gasteiger partial charge in [0.2, 0.25) is 0 Å². The Morgan fingerprint density at radius 1 is 1.29 bits per heavy atom. The molecule has 1 atom stereocenters. The van der Waals surface area contributed by atoms with Crippen molar-refractivity contribution in [2.75, 3.05) is 0 Å². The third kappa shape index (κ3) is 2.89. The molecule has 1 aromatic carbocycles. The maximum atomic E-state index is 8.94. The second kappa shape index (κ2) is 5.07. The van der Waals surface area contributed by atoms with Crippen molar-refractivity contribution in [2.45, 2.75) is 26.1 Å². The summed E-state index contributed by atoms with van der Waals surface area (Å²) in [5.41, 5.74) is 8.52. The highest BCUT2D eigenvalue weighted by Gasteiger charge is 2.05. The number of aliphatic hydroxyl groups excluding tert-OH is 1. The smallest absolute Gasteiger partial charge is 0.0991 e. The second-order valence-corrected chi connectivity index (χ2v) is 4.10. The number of hydrogen-bond donors (Lipinski definition) is 2. The summed E-state index contributed by atoms with van der Waals surface area (Å²) < 4.78 is 1.76. The number of hydrogen-bond acceptors (Lipinski definition) is 4. The number of nitrogens with zero attached hydrogens (tertiary/aromatic N) is 3. The van der Waals surface area contributed by atoms with Crippen molar-refractivity contribution < 1.29 is 5.11 Å². The van der Waals surface area contributed by atoms with E-state index >= 15 is 0 Å². The van der Waals surface area contributed by atoms with Gasteiger partial charge in [0.25, 0.3) is 0 Å². The molecule has 0 radical (unpaired) electrons. The Morgan fingerprint density at radius 2 is 1.94 bits per heavy atom. The van der Waals surface area contributed by atoms with E-state index in [-0.39, 0.29) is 12.6 Å². The van der Waals surface area contributed by atoms with Crippen molar-refractivity contribution in [3.63, 3.8) is 0 Å². The molecule has 0 fully saturated rings. The fourth-order valence-electron chi connectivity index (χ4n) is 1.54. The van der Waals surface area contributed by atoms with Crippen LogP contribution in [-0.4, -0.2) is 20.1 Å². The molecule has 1 heterocycles. The van der Waals surface area contributed by atoms with E-state index < -0.39 is 0 Å². The lowest BCUT2D eigenvalue weighted by molar-refractivity contribution is 0.282. The fraction of sp³-hybridized carbons (Fsp3) is 0.333. The van der Waals surface area contributed by atoms with Crippen LogP contribution >= 0.6 is 0 Å². The molecule has 1 aromatic heterocycles. The summed E-state index contributed by atoms with van der Waals surface area (Å²) in [6.07, 6.45) is 1.85. The van der Waals surface area contributed by atoms with Crippen LogP contribution in [-0.2, 0) is 13.2 Å². The van der Waals surface area contributed by atoms with Gasteiger partial charge in [-0.25, -0.2) is 4.68 Å². The van der Waals surface area contributed by atoms with E-state index in [9.17, 15) is 0 Å². The summed E-state index contributed by atoms with van der Waals surface area (Å²) in [5.74, 6) is 0. The molecule has 3 N–H and O–H groups in total. The van der Waals surface area contributed by atoms with E-state index in [0.717, 1.165) is 16.8 Å². The molecular formula is C12H16N4O. The lowest BCUT2D eigenvalue weighted by atomic mass is 10.1. The van der Waals surface area contributed by atoms with Crippen LogP contribution in [0.5, 0.6) is 0 Å². The Hall–Kier alpha value is -1.72. The highest BCUT2D eigenvalue weighted by atomic mass is 16.3. The SMILES string of the molecule is CC(N)c1cn(Cc2ccc(CO)cc2)nn1. The molecule has 2 aromatic rings. The number of benzene rings is 1. The molecular weight excluding hydrogens is 216 g/mol. The van der Waals surface area contributed by atoms with E-state index in [1.54, 1.807) is 4.68 Å². The molecule has 0 amide bonds. The van der Waals surface area contributed by atoms with Gasteiger partial charge in [0.1, 0.15) is 0 Å². The molecule has 0 aliphatic rings. The van der Waals surface area contributed by atoms with Crippen LogP contribution in [0.2, 0.25) is 0 Å². The van der Waals surface area contributed by atoms with E-state index in [0.29, 0.717) is 6.54 Å². The number of rotatable bonds is 4. The molecule has 0 spiro atoms. The number of aliphatic hydroxyl groups is 1. The lowest BCUT2D eigenvalue weighted by Crippen LogP contribution is -2.05. The van der Waals surface area contributed by atoms with Crippen LogP contribution in [0.4, 0.5) is 0 Å². The van der Waals surface area contributed by atoms with Crippen molar-refractivity contribution in [1.82, 2.24) is 15.0 Å². The molecule has 17 heavy (non-hydrogen) atoms. The van der Waals surface area contributed by atoms with Gasteiger partial charge in [-0.2, -0.15) is 0 Å². The monoisotopic (exact) mass is 232 g/mol. The van der Waals surface area contributed by atoms with Crippen LogP contribution in [0.15, 0.2) is 30.5 Å². The minimum Gasteiger partial charge on any atom is -0.392 e. The van der Waals surface area contributed by atoms with Crippen molar-refractivity contribution in [3.05, 3.63) is 47.3 Å². The molecule has 5 heteroatoms. The first-order valence-corrected chi connectivity index (χ1v) is 5.53. The predicted molar refractivity (Wildman–Crippen MR) is 64.1 cm³/mol. The summed E-state index contributed by atoms with van der Waals surface area (Å²) >= 11 is 0. The van der Waals surface area contributed by atoms with Gasteiger partial charge in [0.15, 0.2) is 0 Å². The first-order valence-electron chi connectivity index (χ1n) is 5.53. The average molecular weight is 232 g/mol. The maximum Gasteiger partial charge on any atom is 0.0991 e. The van der Waals surface area contributed by atoms with Crippen molar-refractivity contribution in [2.24, 2.45) is 5.73 Å². The third-order valence-corrected chi connectivity index (χ3v) is 2.57. The molecule has 5 nitrogen and oxygen atoms in total. The van der Waals surface area contributed by atoms with Gasteiger partial charge in [0.05, 0.1) is 25.0 Å². The molecule has 0 bridgehead atoms. The van der Waals surface area contributed by atoms with Crippen molar-refractivity contribution >= 4 is 0 Å². The number of aromatic nitrogens is 3. The Balaban J connectivity index is 2.08. The largest absolute Gasteiger partial charge is 0.392 e. The van der Waals surface area contributed by atoms with E-state index in [4.69, 9.17) is 10.8 Å². The summed E-state index contributed by atoms with van der Waals surface area (Å²) in [7, 11) is 0. The zero-order valence-electron chi connectivity index (χ0n) is 9.74. The van der Waals surface area contributed by atoms with Gasteiger partial charge in [-0.15, -0.1) is 5.10 Å². The highest BCUT2D eigenvalue weighted by Crippen LogP contribution is 2.08. The average Bonchev–Trinajstić information content (AvgIpc) is 2.79. The standard InChI is InChI=1S/C12H16N4O/c1-9(13)12-7-16(15-14-12)6-10-2-4-11(8-17)5-3-10/h2-5,7,9,17H,6,8,13H2,1H3. The molecule has 0 saturated carbocycles. The van der Waals surface area contributed by atoms with E-state index in [1.165, 1.54) is 0 Å². The molecule has 0 aliphatic heterocycles. The predicted octanol–water partition coefficient (Wildman–Crippen LogP) is 0.838. The van der Waals surface area contributed by atoms with Crippen LogP contribution in [0.3, 0.4) is 0 Å². The Kier molecular flexibility index (Phi) is 3.51. The van der Waals surface area contributed by atoms with Crippen molar-refractivity contribution in [1.29, 1.82) is 0 Å². The van der Waals surface area contributed by atoms with Gasteiger partial charge in [-0.05, 0) is 18.1 Å². The zero-order valence-corrected chi connectivity index (χ0v) is 9.74. The van der Waals surface area contributed by atoms with E-state index in [1.807, 2.05) is 37.4 Å². The number of nitrogens with two attached hydrogens (primary N) is 1. The first kappa shape index (κ1) is 11.8. The van der Waals surface area contributed by atoms with Crippen LogP contribution in [0, 0.1) is 0 Å². The van der Waals surface area contributed by atoms with Gasteiger partial charge >= 0.3 is 0 Å². The first-order chi connectivity index (χ1) is 8.19. The van der Waals surface area contributed by atoms with Gasteiger partial charge in [-0.1, -0.05) is 29.5 Å². The van der Waals surface area contributed by atoms with Crippen LogP contribution in [0.1, 0.15) is 29.8 Å². The van der Waals surface area contributed by atoms with E-state index in [2.05, 4.69) is 10.3 Å². The highest BCUT2D eigenvalue weighted by molar-refractivity contribution is 5.22. The van der Waals surface area contributed by atoms with Gasteiger partial charge in [-0.3, -0.25) is 0 Å². The molecule has 2 rings (SSSR count). The summed E-state index contributed by atoms with van der Waals surface area (Å²) in [6, 6.07) is 7.65. The third-order valence-electron chi connectivity index (χ3n) is 2.57.